The molecule has 0 saturated heterocycles. The number of carbonyl (C=O) groups is 1. The van der Waals surface area contributed by atoms with Crippen molar-refractivity contribution in [2.75, 3.05) is 0 Å². The van der Waals surface area contributed by atoms with E-state index in [1.165, 1.54) is 22.8 Å². The number of ether oxygens (including phenoxy) is 1. The van der Waals surface area contributed by atoms with Crippen LogP contribution in [0.25, 0.3) is 0 Å². The summed E-state index contributed by atoms with van der Waals surface area (Å²) < 4.78 is 5.20. The summed E-state index contributed by atoms with van der Waals surface area (Å²) in [7, 11) is 0. The third-order valence-corrected chi connectivity index (χ3v) is 2.67. The van der Waals surface area contributed by atoms with Crippen LogP contribution in [0.1, 0.15) is 28.4 Å². The Morgan fingerprint density at radius 3 is 2.20 bits per heavy atom. The second kappa shape index (κ2) is 3.54. The molecule has 0 fully saturated rings. The Morgan fingerprint density at radius 2 is 1.73 bits per heavy atom. The summed E-state index contributed by atoms with van der Waals surface area (Å²) in [5.74, 6) is -0.251. The number of aryl methyl sites for hydroxylation is 3. The minimum atomic E-state index is -0.251. The van der Waals surface area contributed by atoms with Crippen molar-refractivity contribution in [3.63, 3.8) is 0 Å². The molecule has 1 heterocycles. The van der Waals surface area contributed by atoms with Gasteiger partial charge in [0.15, 0.2) is 0 Å². The molecule has 1 atom stereocenters. The third-order valence-electron chi connectivity index (χ3n) is 2.67. The minimum absolute atomic E-state index is 0.196. The molecule has 78 valence electrons. The van der Waals surface area contributed by atoms with Crippen LogP contribution in [0.4, 0.5) is 0 Å². The van der Waals surface area contributed by atoms with E-state index in [1.54, 1.807) is 0 Å². The molecule has 0 N–H and O–H groups in total. The second-order valence-electron chi connectivity index (χ2n) is 4.03. The normalized spacial score (nSPS) is 19.4. The van der Waals surface area contributed by atoms with E-state index in [-0.39, 0.29) is 12.1 Å². The third kappa shape index (κ3) is 1.80. The standard InChI is InChI=1S/C13H14O2/c1-8-6-9(2)13(10(3)7-8)11-4-5-12(14)15-11/h4-7,11H,1-3H3/t11-/m1/s1. The quantitative estimate of drug-likeness (QED) is 0.654. The van der Waals surface area contributed by atoms with Gasteiger partial charge in [0.25, 0.3) is 0 Å². The van der Waals surface area contributed by atoms with E-state index in [0.717, 1.165) is 5.56 Å². The van der Waals surface area contributed by atoms with Crippen molar-refractivity contribution in [2.45, 2.75) is 26.9 Å². The summed E-state index contributed by atoms with van der Waals surface area (Å²) in [5.41, 5.74) is 4.71. The maximum Gasteiger partial charge on any atom is 0.331 e. The topological polar surface area (TPSA) is 26.3 Å². The molecular weight excluding hydrogens is 188 g/mol. The van der Waals surface area contributed by atoms with Crippen LogP contribution < -0.4 is 0 Å². The average molecular weight is 202 g/mol. The van der Waals surface area contributed by atoms with E-state index in [2.05, 4.69) is 32.9 Å². The molecule has 2 rings (SSSR count). The Labute approximate surface area is 89.6 Å². The summed E-state index contributed by atoms with van der Waals surface area (Å²) >= 11 is 0. The van der Waals surface area contributed by atoms with Gasteiger partial charge < -0.3 is 4.74 Å². The van der Waals surface area contributed by atoms with Gasteiger partial charge in [-0.2, -0.15) is 0 Å². The SMILES string of the molecule is Cc1cc(C)c([C@H]2C=CC(=O)O2)c(C)c1. The highest BCUT2D eigenvalue weighted by Crippen LogP contribution is 2.30. The highest BCUT2D eigenvalue weighted by atomic mass is 16.5. The molecule has 0 aromatic heterocycles. The van der Waals surface area contributed by atoms with E-state index in [0.29, 0.717) is 0 Å². The van der Waals surface area contributed by atoms with E-state index < -0.39 is 0 Å². The average Bonchev–Trinajstić information content (AvgIpc) is 2.49. The fourth-order valence-electron chi connectivity index (χ4n) is 2.16. The maximum atomic E-state index is 11.0. The van der Waals surface area contributed by atoms with Gasteiger partial charge in [0.1, 0.15) is 6.10 Å². The molecule has 0 amide bonds. The Bertz CT molecular complexity index is 421. The molecule has 2 heteroatoms. The van der Waals surface area contributed by atoms with Crippen LogP contribution >= 0.6 is 0 Å². The Kier molecular flexibility index (Phi) is 2.35. The Hall–Kier alpha value is -1.57. The molecule has 1 aromatic rings. The number of hydrogen-bond donors (Lipinski definition) is 0. The minimum Gasteiger partial charge on any atom is -0.450 e. The van der Waals surface area contributed by atoms with Crippen LogP contribution in [0.2, 0.25) is 0 Å². The molecule has 1 aliphatic heterocycles. The van der Waals surface area contributed by atoms with E-state index >= 15 is 0 Å². The Morgan fingerprint density at radius 1 is 1.13 bits per heavy atom. The van der Waals surface area contributed by atoms with Crippen molar-refractivity contribution >= 4 is 5.97 Å². The highest BCUT2D eigenvalue weighted by molar-refractivity contribution is 5.84. The first-order valence-electron chi connectivity index (χ1n) is 5.04. The van der Waals surface area contributed by atoms with Crippen molar-refractivity contribution in [3.05, 3.63) is 46.5 Å². The maximum absolute atomic E-state index is 11.0. The molecule has 0 spiro atoms. The lowest BCUT2D eigenvalue weighted by Crippen LogP contribution is -2.04. The van der Waals surface area contributed by atoms with Gasteiger partial charge in [-0.25, -0.2) is 4.79 Å². The summed E-state index contributed by atoms with van der Waals surface area (Å²) in [5, 5.41) is 0. The van der Waals surface area contributed by atoms with Gasteiger partial charge in [-0.15, -0.1) is 0 Å². The van der Waals surface area contributed by atoms with E-state index in [4.69, 9.17) is 4.74 Å². The van der Waals surface area contributed by atoms with Crippen LogP contribution in [0.3, 0.4) is 0 Å². The van der Waals surface area contributed by atoms with Gasteiger partial charge in [0, 0.05) is 11.6 Å². The first kappa shape index (κ1) is 9.97. The van der Waals surface area contributed by atoms with Gasteiger partial charge in [-0.05, 0) is 38.0 Å². The van der Waals surface area contributed by atoms with Gasteiger partial charge in [0.2, 0.25) is 0 Å². The van der Waals surface area contributed by atoms with Crippen molar-refractivity contribution < 1.29 is 9.53 Å². The van der Waals surface area contributed by atoms with Crippen molar-refractivity contribution in [1.82, 2.24) is 0 Å². The lowest BCUT2D eigenvalue weighted by Gasteiger charge is -2.15. The molecule has 0 bridgehead atoms. The molecule has 1 aromatic carbocycles. The first-order valence-corrected chi connectivity index (χ1v) is 5.04. The van der Waals surface area contributed by atoms with Crippen LogP contribution in [0.5, 0.6) is 0 Å². The molecule has 0 saturated carbocycles. The summed E-state index contributed by atoms with van der Waals surface area (Å²) in [4.78, 5) is 11.0. The van der Waals surface area contributed by atoms with E-state index in [9.17, 15) is 4.79 Å². The number of rotatable bonds is 1. The second-order valence-corrected chi connectivity index (χ2v) is 4.03. The van der Waals surface area contributed by atoms with Crippen LogP contribution in [0, 0.1) is 20.8 Å². The van der Waals surface area contributed by atoms with E-state index in [1.807, 2.05) is 6.08 Å². The number of cyclic esters (lactones) is 1. The first-order chi connectivity index (χ1) is 7.08. The number of hydrogen-bond acceptors (Lipinski definition) is 2. The molecule has 15 heavy (non-hydrogen) atoms. The highest BCUT2D eigenvalue weighted by Gasteiger charge is 2.21. The Balaban J connectivity index is 2.45. The summed E-state index contributed by atoms with van der Waals surface area (Å²) in [6.45, 7) is 6.17. The smallest absolute Gasteiger partial charge is 0.331 e. The fourth-order valence-corrected chi connectivity index (χ4v) is 2.16. The van der Waals surface area contributed by atoms with Gasteiger partial charge in [-0.1, -0.05) is 17.7 Å². The lowest BCUT2D eigenvalue weighted by atomic mass is 9.96. The van der Waals surface area contributed by atoms with Crippen molar-refractivity contribution in [1.29, 1.82) is 0 Å². The molecule has 2 nitrogen and oxygen atoms in total. The predicted octanol–water partition coefficient (Wildman–Crippen LogP) is 2.77. The van der Waals surface area contributed by atoms with Gasteiger partial charge in [0.05, 0.1) is 0 Å². The van der Waals surface area contributed by atoms with Gasteiger partial charge in [-0.3, -0.25) is 0 Å². The van der Waals surface area contributed by atoms with Gasteiger partial charge >= 0.3 is 5.97 Å². The number of esters is 1. The largest absolute Gasteiger partial charge is 0.450 e. The molecule has 1 aliphatic rings. The zero-order valence-corrected chi connectivity index (χ0v) is 9.20. The molecule has 0 unspecified atom stereocenters. The zero-order chi connectivity index (χ0) is 11.0. The predicted molar refractivity (Wildman–Crippen MR) is 58.6 cm³/mol. The van der Waals surface area contributed by atoms with Crippen molar-refractivity contribution in [3.8, 4) is 0 Å². The zero-order valence-electron chi connectivity index (χ0n) is 9.20. The van der Waals surface area contributed by atoms with Crippen LogP contribution in [-0.4, -0.2) is 5.97 Å². The lowest BCUT2D eigenvalue weighted by molar-refractivity contribution is -0.138. The van der Waals surface area contributed by atoms with Crippen LogP contribution in [0.15, 0.2) is 24.3 Å². The van der Waals surface area contributed by atoms with Crippen molar-refractivity contribution in [2.24, 2.45) is 0 Å². The monoisotopic (exact) mass is 202 g/mol. The number of carbonyl (C=O) groups excluding carboxylic acids is 1. The molecule has 0 radical (unpaired) electrons. The summed E-state index contributed by atoms with van der Waals surface area (Å²) in [6, 6.07) is 4.23. The number of benzene rings is 1. The molecular formula is C13H14O2. The molecule has 0 aliphatic carbocycles. The van der Waals surface area contributed by atoms with Crippen LogP contribution in [-0.2, 0) is 9.53 Å². The fraction of sp³-hybridized carbons (Fsp3) is 0.308. The summed E-state index contributed by atoms with van der Waals surface area (Å²) in [6.07, 6.45) is 3.11.